The standard InChI is InChI=1S/C27H35N5O4/c1-31(24(19-6-3-2-4-7-19)16-32-13-11-21(34)15-32)26(35)18-36-25-10-9-23(30-20(14-28)17-33)27-22(25)8-5-12-29-27/h2-10,12,20-21,24,30,33-34H,11,13-18,28H2,1H3/p+1/t20?,21-,24?/m0/s1. The predicted molar refractivity (Wildman–Crippen MR) is 139 cm³/mol. The summed E-state index contributed by atoms with van der Waals surface area (Å²) in [5.74, 6) is 0.503. The molecule has 2 heterocycles. The predicted octanol–water partition coefficient (Wildman–Crippen LogP) is 0.194. The molecule has 0 aliphatic carbocycles. The number of carbonyl (C=O) groups excluding carboxylic acids is 1. The van der Waals surface area contributed by atoms with E-state index in [4.69, 9.17) is 10.5 Å². The van der Waals surface area contributed by atoms with Gasteiger partial charge in [-0.05, 0) is 30.7 Å². The average molecular weight is 495 g/mol. The Labute approximate surface area is 211 Å². The number of nitrogens with one attached hydrogen (secondary N) is 2. The van der Waals surface area contributed by atoms with Crippen molar-refractivity contribution in [1.29, 1.82) is 0 Å². The molecule has 0 radical (unpaired) electrons. The van der Waals surface area contributed by atoms with E-state index in [9.17, 15) is 15.0 Å². The smallest absolute Gasteiger partial charge is 0.350 e. The third kappa shape index (κ3) is 6.18. The molecule has 9 heteroatoms. The Kier molecular flexibility index (Phi) is 8.84. The highest BCUT2D eigenvalue weighted by Crippen LogP contribution is 2.30. The van der Waals surface area contributed by atoms with Gasteiger partial charge in [-0.1, -0.05) is 30.3 Å². The summed E-state index contributed by atoms with van der Waals surface area (Å²) in [6, 6.07) is 17.0. The van der Waals surface area contributed by atoms with Gasteiger partial charge in [-0.25, -0.2) is 4.79 Å². The highest BCUT2D eigenvalue weighted by molar-refractivity contribution is 5.95. The highest BCUT2D eigenvalue weighted by Gasteiger charge is 2.32. The molecule has 4 rings (SSSR count). The molecular formula is C27H36N5O4+. The molecule has 6 N–H and O–H groups in total. The molecular weight excluding hydrogens is 458 g/mol. The van der Waals surface area contributed by atoms with E-state index in [0.29, 0.717) is 24.4 Å². The third-order valence-corrected chi connectivity index (χ3v) is 6.81. The van der Waals surface area contributed by atoms with Crippen LogP contribution in [-0.4, -0.2) is 84.6 Å². The van der Waals surface area contributed by atoms with Gasteiger partial charge < -0.3 is 26.0 Å². The number of rotatable bonds is 11. The average Bonchev–Trinajstić information content (AvgIpc) is 3.34. The summed E-state index contributed by atoms with van der Waals surface area (Å²) in [5.41, 5.74) is 8.22. The molecule has 9 nitrogen and oxygen atoms in total. The lowest BCUT2D eigenvalue weighted by atomic mass is 10.0. The van der Waals surface area contributed by atoms with Crippen molar-refractivity contribution in [2.24, 2.45) is 5.73 Å². The van der Waals surface area contributed by atoms with Gasteiger partial charge in [0.05, 0.1) is 43.5 Å². The van der Waals surface area contributed by atoms with Gasteiger partial charge in [0, 0.05) is 36.8 Å². The number of nitrogens with two attached hydrogens (primary N) is 1. The van der Waals surface area contributed by atoms with Gasteiger partial charge in [0.25, 0.3) is 0 Å². The number of β-amino-alcohol motifs (C(OH)–C–C–N with tert-alkyl or cyclic N) is 1. The minimum absolute atomic E-state index is 0.0636. The minimum atomic E-state index is -0.308. The zero-order valence-electron chi connectivity index (χ0n) is 20.6. The van der Waals surface area contributed by atoms with Crippen LogP contribution in [0.2, 0.25) is 0 Å². The maximum atomic E-state index is 13.3. The number of aromatic nitrogens is 1. The topological polar surface area (TPSA) is 125 Å². The van der Waals surface area contributed by atoms with Crippen LogP contribution in [0, 0.1) is 0 Å². The van der Waals surface area contributed by atoms with E-state index < -0.39 is 0 Å². The Morgan fingerprint density at radius 2 is 2.06 bits per heavy atom. The van der Waals surface area contributed by atoms with Crippen molar-refractivity contribution in [3.8, 4) is 5.75 Å². The van der Waals surface area contributed by atoms with Crippen molar-refractivity contribution in [2.45, 2.75) is 24.6 Å². The van der Waals surface area contributed by atoms with Gasteiger partial charge in [-0.15, -0.1) is 0 Å². The molecule has 36 heavy (non-hydrogen) atoms. The number of hydrogen-bond acceptors (Lipinski definition) is 8. The first kappa shape index (κ1) is 26.0. The number of benzene rings is 2. The summed E-state index contributed by atoms with van der Waals surface area (Å²) in [6.07, 6.45) is 2.14. The summed E-state index contributed by atoms with van der Waals surface area (Å²) in [4.78, 5) is 20.7. The Bertz CT molecular complexity index is 1140. The number of quaternary nitrogens is 1. The van der Waals surface area contributed by atoms with E-state index in [1.165, 1.54) is 0 Å². The number of likely N-dealkylation sites (N-methyl/N-ethyl adjacent to an activating group) is 1. The van der Waals surface area contributed by atoms with Crippen LogP contribution in [0.1, 0.15) is 18.0 Å². The Morgan fingerprint density at radius 1 is 1.25 bits per heavy atom. The lowest BCUT2D eigenvalue weighted by Crippen LogP contribution is -3.13. The first-order valence-corrected chi connectivity index (χ1v) is 12.4. The number of pyridine rings is 1. The number of hydrogen-bond donors (Lipinski definition) is 5. The number of anilines is 1. The van der Waals surface area contributed by atoms with Crippen molar-refractivity contribution in [3.63, 3.8) is 0 Å². The van der Waals surface area contributed by atoms with Crippen LogP contribution in [0.3, 0.4) is 0 Å². The number of carbonyl (C=O) groups is 1. The molecule has 3 unspecified atom stereocenters. The Hall–Kier alpha value is -3.08. The highest BCUT2D eigenvalue weighted by atomic mass is 16.5. The normalized spacial score (nSPS) is 18.6. The zero-order chi connectivity index (χ0) is 25.5. The minimum Gasteiger partial charge on any atom is -0.479 e. The third-order valence-electron chi connectivity index (χ3n) is 6.81. The van der Waals surface area contributed by atoms with E-state index >= 15 is 0 Å². The van der Waals surface area contributed by atoms with Crippen molar-refractivity contribution >= 4 is 22.5 Å². The van der Waals surface area contributed by atoms with E-state index in [-0.39, 0.29) is 43.9 Å². The summed E-state index contributed by atoms with van der Waals surface area (Å²) < 4.78 is 6.02. The first-order chi connectivity index (χ1) is 17.5. The lowest BCUT2D eigenvalue weighted by Gasteiger charge is -2.27. The fourth-order valence-electron chi connectivity index (χ4n) is 4.65. The molecule has 192 valence electrons. The number of aliphatic hydroxyl groups excluding tert-OH is 2. The van der Waals surface area contributed by atoms with Crippen LogP contribution < -0.4 is 20.7 Å². The van der Waals surface area contributed by atoms with Crippen LogP contribution in [0.4, 0.5) is 5.69 Å². The molecule has 0 spiro atoms. The molecule has 0 bridgehead atoms. The van der Waals surface area contributed by atoms with Crippen LogP contribution in [0.5, 0.6) is 5.75 Å². The van der Waals surface area contributed by atoms with Crippen molar-refractivity contribution in [1.82, 2.24) is 9.88 Å². The molecule has 1 aliphatic rings. The molecule has 1 fully saturated rings. The second kappa shape index (κ2) is 12.2. The lowest BCUT2D eigenvalue weighted by molar-refractivity contribution is -0.833. The quantitative estimate of drug-likeness (QED) is 0.256. The summed E-state index contributed by atoms with van der Waals surface area (Å²) in [5, 5.41) is 23.4. The largest absolute Gasteiger partial charge is 0.479 e. The molecule has 0 saturated carbocycles. The molecule has 4 atom stereocenters. The summed E-state index contributed by atoms with van der Waals surface area (Å²) in [6.45, 7) is 2.23. The number of fused-ring (bicyclic) bond motifs is 1. The molecule has 1 amide bonds. The fraction of sp³-hybridized carbons (Fsp3) is 0.407. The zero-order valence-corrected chi connectivity index (χ0v) is 20.6. The van der Waals surface area contributed by atoms with Gasteiger partial charge in [-0.3, -0.25) is 14.8 Å². The Balaban J connectivity index is 1.49. The van der Waals surface area contributed by atoms with Crippen LogP contribution in [0.25, 0.3) is 10.9 Å². The van der Waals surface area contributed by atoms with Crippen molar-refractivity contribution in [3.05, 3.63) is 66.4 Å². The maximum absolute atomic E-state index is 13.3. The maximum Gasteiger partial charge on any atom is 0.350 e. The monoisotopic (exact) mass is 494 g/mol. The van der Waals surface area contributed by atoms with Gasteiger partial charge >= 0.3 is 5.91 Å². The number of amides is 1. The van der Waals surface area contributed by atoms with Gasteiger partial charge in [0.15, 0.2) is 0 Å². The number of ether oxygens (including phenoxy) is 1. The second-order valence-corrected chi connectivity index (χ2v) is 9.33. The van der Waals surface area contributed by atoms with Crippen LogP contribution >= 0.6 is 0 Å². The molecule has 2 aromatic carbocycles. The van der Waals surface area contributed by atoms with Crippen molar-refractivity contribution in [2.75, 3.05) is 51.8 Å². The summed E-state index contributed by atoms with van der Waals surface area (Å²) >= 11 is 0. The second-order valence-electron chi connectivity index (χ2n) is 9.33. The van der Waals surface area contributed by atoms with E-state index in [1.54, 1.807) is 12.3 Å². The van der Waals surface area contributed by atoms with Gasteiger partial charge in [0.1, 0.15) is 11.8 Å². The molecule has 1 aliphatic heterocycles. The number of aliphatic hydroxyl groups is 2. The van der Waals surface area contributed by atoms with E-state index in [0.717, 1.165) is 34.5 Å². The van der Waals surface area contributed by atoms with Crippen molar-refractivity contribution < 1.29 is 24.6 Å². The van der Waals surface area contributed by atoms with Crippen LogP contribution in [0.15, 0.2) is 60.8 Å². The summed E-state index contributed by atoms with van der Waals surface area (Å²) in [7, 11) is 1.88. The Morgan fingerprint density at radius 3 is 2.75 bits per heavy atom. The van der Waals surface area contributed by atoms with Gasteiger partial charge in [-0.2, -0.15) is 0 Å². The van der Waals surface area contributed by atoms with E-state index in [2.05, 4.69) is 15.2 Å². The molecule has 1 aromatic heterocycles. The number of nitrogens with zero attached hydrogens (tertiary/aromatic N) is 2. The number of likely N-dealkylation sites (tertiary alicyclic amines) is 1. The fourth-order valence-corrected chi connectivity index (χ4v) is 4.65. The molecule has 3 aromatic rings. The van der Waals surface area contributed by atoms with Crippen LogP contribution in [-0.2, 0) is 4.79 Å². The first-order valence-electron chi connectivity index (χ1n) is 12.4. The SMILES string of the molecule is C[NH+](C(=O)COc1ccc(NC(CN)CO)c2ncccc12)C(CN1CC[C@H](O)C1)c1ccccc1. The van der Waals surface area contributed by atoms with Gasteiger partial charge in [0.2, 0.25) is 6.61 Å². The molecule has 1 saturated heterocycles. The van der Waals surface area contributed by atoms with E-state index in [1.807, 2.05) is 55.6 Å².